The van der Waals surface area contributed by atoms with Gasteiger partial charge in [0, 0.05) is 11.5 Å². The summed E-state index contributed by atoms with van der Waals surface area (Å²) < 4.78 is 0. The van der Waals surface area contributed by atoms with E-state index in [9.17, 15) is 4.79 Å². The molecule has 2 aliphatic rings. The minimum Gasteiger partial charge on any atom is -0.294 e. The molecule has 0 bridgehead atoms. The molecular weight excluding hydrogens is 196 g/mol. The van der Waals surface area contributed by atoms with Crippen LogP contribution in [0, 0.1) is 11.8 Å². The molecule has 0 unspecified atom stereocenters. The van der Waals surface area contributed by atoms with Crippen molar-refractivity contribution in [3.05, 3.63) is 35.4 Å². The summed E-state index contributed by atoms with van der Waals surface area (Å²) in [5, 5.41) is 0. The van der Waals surface area contributed by atoms with Crippen molar-refractivity contribution < 1.29 is 4.79 Å². The van der Waals surface area contributed by atoms with Gasteiger partial charge in [-0.3, -0.25) is 4.79 Å². The first kappa shape index (κ1) is 10.1. The van der Waals surface area contributed by atoms with E-state index in [4.69, 9.17) is 0 Å². The third-order valence-electron chi connectivity index (χ3n) is 4.49. The lowest BCUT2D eigenvalue weighted by atomic mass is 9.69. The second kappa shape index (κ2) is 3.73. The number of hydrogen-bond acceptors (Lipinski definition) is 1. The van der Waals surface area contributed by atoms with Gasteiger partial charge in [-0.25, -0.2) is 0 Å². The number of fused-ring (bicyclic) bond motifs is 2. The Morgan fingerprint density at radius 3 is 2.88 bits per heavy atom. The highest BCUT2D eigenvalue weighted by atomic mass is 16.1. The van der Waals surface area contributed by atoms with Crippen molar-refractivity contribution in [3.8, 4) is 0 Å². The van der Waals surface area contributed by atoms with Crippen molar-refractivity contribution in [2.75, 3.05) is 0 Å². The fraction of sp³-hybridized carbons (Fsp3) is 0.533. The van der Waals surface area contributed by atoms with Gasteiger partial charge < -0.3 is 0 Å². The number of ketones is 1. The largest absolute Gasteiger partial charge is 0.294 e. The topological polar surface area (TPSA) is 17.1 Å². The van der Waals surface area contributed by atoms with E-state index in [0.29, 0.717) is 23.5 Å². The smallest absolute Gasteiger partial charge is 0.166 e. The van der Waals surface area contributed by atoms with Gasteiger partial charge in [0.05, 0.1) is 0 Å². The molecule has 1 aromatic carbocycles. The number of rotatable bonds is 1. The zero-order valence-corrected chi connectivity index (χ0v) is 9.78. The van der Waals surface area contributed by atoms with Crippen molar-refractivity contribution in [1.29, 1.82) is 0 Å². The Bertz CT molecular complexity index is 421. The van der Waals surface area contributed by atoms with Crippen molar-refractivity contribution >= 4 is 5.78 Å². The highest BCUT2D eigenvalue weighted by molar-refractivity contribution is 6.01. The van der Waals surface area contributed by atoms with E-state index in [1.54, 1.807) is 0 Å². The fourth-order valence-electron chi connectivity index (χ4n) is 3.79. The minimum absolute atomic E-state index is 0.333. The van der Waals surface area contributed by atoms with Gasteiger partial charge in [0.1, 0.15) is 0 Å². The van der Waals surface area contributed by atoms with Gasteiger partial charge in [-0.2, -0.15) is 0 Å². The molecule has 0 aromatic heterocycles. The number of benzene rings is 1. The zero-order valence-electron chi connectivity index (χ0n) is 9.78. The molecule has 0 saturated heterocycles. The molecule has 0 N–H and O–H groups in total. The Morgan fingerprint density at radius 2 is 2.06 bits per heavy atom. The lowest BCUT2D eigenvalue weighted by molar-refractivity contribution is 0.0855. The summed E-state index contributed by atoms with van der Waals surface area (Å²) in [6.45, 7) is 2.26. The molecule has 1 fully saturated rings. The quantitative estimate of drug-likeness (QED) is 0.695. The molecule has 16 heavy (non-hydrogen) atoms. The van der Waals surface area contributed by atoms with Crippen LogP contribution in [0.25, 0.3) is 0 Å². The lowest BCUT2D eigenvalue weighted by Crippen LogP contribution is -2.31. The molecule has 0 aliphatic heterocycles. The maximum absolute atomic E-state index is 12.4. The maximum atomic E-state index is 12.4. The molecule has 3 rings (SSSR count). The molecule has 0 heterocycles. The van der Waals surface area contributed by atoms with Gasteiger partial charge >= 0.3 is 0 Å². The maximum Gasteiger partial charge on any atom is 0.166 e. The lowest BCUT2D eigenvalue weighted by Gasteiger charge is -2.34. The van der Waals surface area contributed by atoms with Crippen LogP contribution < -0.4 is 0 Å². The van der Waals surface area contributed by atoms with E-state index in [1.165, 1.54) is 24.8 Å². The molecule has 2 aliphatic carbocycles. The van der Waals surface area contributed by atoms with Crippen LogP contribution in [-0.4, -0.2) is 5.78 Å². The predicted octanol–water partition coefficient (Wildman–Crippen LogP) is 3.79. The average Bonchev–Trinajstić information content (AvgIpc) is 2.79. The summed E-state index contributed by atoms with van der Waals surface area (Å²) in [5.41, 5.74) is 2.33. The van der Waals surface area contributed by atoms with Crippen molar-refractivity contribution in [2.24, 2.45) is 11.8 Å². The van der Waals surface area contributed by atoms with E-state index >= 15 is 0 Å². The van der Waals surface area contributed by atoms with E-state index in [2.05, 4.69) is 19.1 Å². The van der Waals surface area contributed by atoms with Crippen LogP contribution in [0.15, 0.2) is 24.3 Å². The van der Waals surface area contributed by atoms with Gasteiger partial charge in [0.25, 0.3) is 0 Å². The first-order chi connectivity index (χ1) is 7.83. The molecule has 1 aromatic rings. The zero-order chi connectivity index (χ0) is 11.1. The Labute approximate surface area is 96.9 Å². The van der Waals surface area contributed by atoms with Crippen LogP contribution in [0.5, 0.6) is 0 Å². The van der Waals surface area contributed by atoms with Crippen LogP contribution in [0.3, 0.4) is 0 Å². The summed E-state index contributed by atoms with van der Waals surface area (Å²) in [6, 6.07) is 8.26. The molecular formula is C15H18O. The van der Waals surface area contributed by atoms with Gasteiger partial charge in [-0.05, 0) is 36.7 Å². The molecule has 1 saturated carbocycles. The van der Waals surface area contributed by atoms with Crippen LogP contribution in [0.1, 0.15) is 54.4 Å². The van der Waals surface area contributed by atoms with Gasteiger partial charge in [-0.15, -0.1) is 0 Å². The van der Waals surface area contributed by atoms with Crippen LogP contribution >= 0.6 is 0 Å². The Balaban J connectivity index is 2.13. The first-order valence-electron chi connectivity index (χ1n) is 6.46. The van der Waals surface area contributed by atoms with Gasteiger partial charge in [0.15, 0.2) is 5.78 Å². The third kappa shape index (κ3) is 1.27. The highest BCUT2D eigenvalue weighted by Gasteiger charge is 2.43. The third-order valence-corrected chi connectivity index (χ3v) is 4.49. The Hall–Kier alpha value is -1.11. The van der Waals surface area contributed by atoms with E-state index in [1.807, 2.05) is 12.1 Å². The fourth-order valence-corrected chi connectivity index (χ4v) is 3.79. The highest BCUT2D eigenvalue weighted by Crippen LogP contribution is 2.49. The summed E-state index contributed by atoms with van der Waals surface area (Å²) in [7, 11) is 0. The summed E-state index contributed by atoms with van der Waals surface area (Å²) in [5.74, 6) is 2.01. The van der Waals surface area contributed by atoms with Crippen LogP contribution in [-0.2, 0) is 0 Å². The van der Waals surface area contributed by atoms with Crippen molar-refractivity contribution in [3.63, 3.8) is 0 Å². The summed E-state index contributed by atoms with van der Waals surface area (Å²) in [6.07, 6.45) is 4.79. The molecule has 0 amide bonds. The van der Waals surface area contributed by atoms with Crippen molar-refractivity contribution in [1.82, 2.24) is 0 Å². The number of hydrogen-bond donors (Lipinski definition) is 0. The molecule has 3 atom stereocenters. The van der Waals surface area contributed by atoms with E-state index < -0.39 is 0 Å². The average molecular weight is 214 g/mol. The second-order valence-corrected chi connectivity index (χ2v) is 5.17. The predicted molar refractivity (Wildman–Crippen MR) is 64.6 cm³/mol. The molecule has 84 valence electrons. The van der Waals surface area contributed by atoms with Gasteiger partial charge in [0.2, 0.25) is 0 Å². The van der Waals surface area contributed by atoms with E-state index in [0.717, 1.165) is 12.0 Å². The number of Topliss-reactive ketones (excluding diaryl/α,β-unsaturated/α-hetero) is 1. The molecule has 1 nitrogen and oxygen atoms in total. The molecule has 0 radical (unpaired) electrons. The minimum atomic E-state index is 0.333. The standard InChI is InChI=1S/C15H18O/c1-2-10-11-6-3-4-7-13(11)15(16)14-9-5-8-12(10)14/h3-4,6-7,10,12,14H,2,5,8-9H2,1H3/t10-,12+,14+/m0/s1. The first-order valence-corrected chi connectivity index (χ1v) is 6.46. The molecule has 0 spiro atoms. The van der Waals surface area contributed by atoms with Gasteiger partial charge in [-0.1, -0.05) is 37.6 Å². The van der Waals surface area contributed by atoms with Crippen LogP contribution in [0.2, 0.25) is 0 Å². The summed E-state index contributed by atoms with van der Waals surface area (Å²) >= 11 is 0. The number of carbonyl (C=O) groups is 1. The van der Waals surface area contributed by atoms with Crippen molar-refractivity contribution in [2.45, 2.75) is 38.5 Å². The number of carbonyl (C=O) groups excluding carboxylic acids is 1. The monoisotopic (exact) mass is 214 g/mol. The second-order valence-electron chi connectivity index (χ2n) is 5.17. The SMILES string of the molecule is CC[C@H]1c2ccccc2C(=O)[C@@H]2CCC[C@@H]21. The Kier molecular flexibility index (Phi) is 2.34. The van der Waals surface area contributed by atoms with E-state index in [-0.39, 0.29) is 0 Å². The summed E-state index contributed by atoms with van der Waals surface area (Å²) in [4.78, 5) is 12.4. The normalized spacial score (nSPS) is 32.3. The van der Waals surface area contributed by atoms with Crippen LogP contribution in [0.4, 0.5) is 0 Å². The molecule has 1 heteroatoms. The Morgan fingerprint density at radius 1 is 1.25 bits per heavy atom.